The highest BCUT2D eigenvalue weighted by molar-refractivity contribution is 4.95. The monoisotopic (exact) mass is 306 g/mol. The topological polar surface area (TPSA) is 75.6 Å². The summed E-state index contributed by atoms with van der Waals surface area (Å²) in [6.45, 7) is 6.36. The molecule has 0 aliphatic carbocycles. The largest absolute Gasteiger partial charge is 0.387 e. The zero-order chi connectivity index (χ0) is 15.5. The Bertz CT molecular complexity index is 322. The first-order chi connectivity index (χ1) is 9.98. The molecule has 2 aliphatic rings. The van der Waals surface area contributed by atoms with E-state index in [0.717, 1.165) is 12.8 Å². The van der Waals surface area contributed by atoms with Crippen molar-refractivity contribution < 1.29 is 33.8 Å². The fourth-order valence-corrected chi connectivity index (χ4v) is 2.57. The Kier molecular flexibility index (Phi) is 5.96. The van der Waals surface area contributed by atoms with Crippen molar-refractivity contribution in [1.82, 2.24) is 0 Å². The molecule has 7 nitrogen and oxygen atoms in total. The molecule has 0 radical (unpaired) electrons. The van der Waals surface area contributed by atoms with E-state index in [-0.39, 0.29) is 6.61 Å². The van der Waals surface area contributed by atoms with Gasteiger partial charge in [-0.3, -0.25) is 0 Å². The Hall–Kier alpha value is -0.280. The van der Waals surface area contributed by atoms with Crippen molar-refractivity contribution in [3.63, 3.8) is 0 Å². The Morgan fingerprint density at radius 3 is 2.67 bits per heavy atom. The number of unbranched alkanes of at least 4 members (excludes halogenated alkanes) is 1. The Labute approximate surface area is 125 Å². The Morgan fingerprint density at radius 2 is 2.00 bits per heavy atom. The molecular formula is C14H26O7. The summed E-state index contributed by atoms with van der Waals surface area (Å²) in [4.78, 5) is 9.46. The molecule has 0 amide bonds. The van der Waals surface area contributed by atoms with Crippen LogP contribution < -0.4 is 0 Å². The van der Waals surface area contributed by atoms with E-state index in [1.807, 2.05) is 13.8 Å². The molecule has 0 bridgehead atoms. The van der Waals surface area contributed by atoms with Gasteiger partial charge in [0.25, 0.3) is 0 Å². The highest BCUT2D eigenvalue weighted by Crippen LogP contribution is 2.37. The van der Waals surface area contributed by atoms with E-state index in [2.05, 4.69) is 11.8 Å². The van der Waals surface area contributed by atoms with Crippen LogP contribution in [0.5, 0.6) is 0 Å². The molecule has 21 heavy (non-hydrogen) atoms. The zero-order valence-corrected chi connectivity index (χ0v) is 13.1. The maximum Gasteiger partial charge on any atom is 0.190 e. The minimum absolute atomic E-state index is 0.0955. The van der Waals surface area contributed by atoms with Gasteiger partial charge in [-0.1, -0.05) is 13.3 Å². The van der Waals surface area contributed by atoms with Crippen LogP contribution in [0.1, 0.15) is 33.6 Å². The van der Waals surface area contributed by atoms with Gasteiger partial charge in [0.15, 0.2) is 12.1 Å². The second kappa shape index (κ2) is 7.32. The molecule has 2 rings (SSSR count). The maximum atomic E-state index is 10.5. The maximum absolute atomic E-state index is 10.5. The van der Waals surface area contributed by atoms with Crippen LogP contribution in [0.4, 0.5) is 0 Å². The van der Waals surface area contributed by atoms with Gasteiger partial charge >= 0.3 is 0 Å². The molecule has 1 N–H and O–H groups in total. The van der Waals surface area contributed by atoms with E-state index in [0.29, 0.717) is 6.61 Å². The lowest BCUT2D eigenvalue weighted by Gasteiger charge is -2.39. The third kappa shape index (κ3) is 4.13. The van der Waals surface area contributed by atoms with Gasteiger partial charge in [-0.25, -0.2) is 9.78 Å². The molecular weight excluding hydrogens is 280 g/mol. The third-order valence-corrected chi connectivity index (χ3v) is 3.60. The van der Waals surface area contributed by atoms with Gasteiger partial charge in [-0.05, 0) is 20.3 Å². The van der Waals surface area contributed by atoms with E-state index in [9.17, 15) is 5.11 Å². The van der Waals surface area contributed by atoms with Gasteiger partial charge in [0.2, 0.25) is 0 Å². The number of aliphatic hydroxyl groups excluding tert-OH is 1. The lowest BCUT2D eigenvalue weighted by molar-refractivity contribution is -0.324. The van der Waals surface area contributed by atoms with Crippen LogP contribution in [0.25, 0.3) is 0 Å². The first kappa shape index (κ1) is 17.1. The van der Waals surface area contributed by atoms with Crippen LogP contribution in [0.15, 0.2) is 0 Å². The predicted octanol–water partition coefficient (Wildman–Crippen LogP) is 0.987. The standard InChI is InChI=1S/C14H26O7/c1-5-6-7-17-11-10(15)9(8-18-16-4)19-13-12(11)20-14(2,3)21-13/h9-13,15H,5-8H2,1-4H3/t9?,10-,11?,12?,13+/m1/s1. The van der Waals surface area contributed by atoms with E-state index in [1.54, 1.807) is 0 Å². The van der Waals surface area contributed by atoms with Crippen LogP contribution in [0.2, 0.25) is 0 Å². The molecule has 0 aromatic heterocycles. The van der Waals surface area contributed by atoms with E-state index in [1.165, 1.54) is 7.11 Å². The number of hydrogen-bond donors (Lipinski definition) is 1. The van der Waals surface area contributed by atoms with Gasteiger partial charge in [0, 0.05) is 6.61 Å². The summed E-state index contributed by atoms with van der Waals surface area (Å²) in [7, 11) is 1.41. The Balaban J connectivity index is 2.04. The lowest BCUT2D eigenvalue weighted by atomic mass is 9.99. The summed E-state index contributed by atoms with van der Waals surface area (Å²) >= 11 is 0. The molecule has 2 saturated heterocycles. The van der Waals surface area contributed by atoms with Gasteiger partial charge < -0.3 is 24.1 Å². The highest BCUT2D eigenvalue weighted by atomic mass is 17.2. The number of fused-ring (bicyclic) bond motifs is 1. The molecule has 2 heterocycles. The molecule has 0 spiro atoms. The van der Waals surface area contributed by atoms with E-state index in [4.69, 9.17) is 23.8 Å². The molecule has 3 unspecified atom stereocenters. The summed E-state index contributed by atoms with van der Waals surface area (Å²) in [5.41, 5.74) is 0. The summed E-state index contributed by atoms with van der Waals surface area (Å²) in [5.74, 6) is -0.765. The van der Waals surface area contributed by atoms with E-state index < -0.39 is 36.5 Å². The molecule has 5 atom stereocenters. The van der Waals surface area contributed by atoms with Crippen LogP contribution >= 0.6 is 0 Å². The van der Waals surface area contributed by atoms with Crippen molar-refractivity contribution in [3.8, 4) is 0 Å². The predicted molar refractivity (Wildman–Crippen MR) is 72.3 cm³/mol. The average Bonchev–Trinajstić information content (AvgIpc) is 2.73. The average molecular weight is 306 g/mol. The Morgan fingerprint density at radius 1 is 1.24 bits per heavy atom. The first-order valence-electron chi connectivity index (χ1n) is 7.45. The van der Waals surface area contributed by atoms with Gasteiger partial charge in [0.1, 0.15) is 31.0 Å². The number of hydrogen-bond acceptors (Lipinski definition) is 7. The summed E-state index contributed by atoms with van der Waals surface area (Å²) in [5, 5.41) is 10.5. The molecule has 0 aromatic rings. The SMILES string of the molecule is CCCCOC1C2OC(C)(C)O[C@@H]2OC(COOC)[C@H]1O. The molecule has 124 valence electrons. The second-order valence-corrected chi connectivity index (χ2v) is 5.77. The van der Waals surface area contributed by atoms with Crippen molar-refractivity contribution >= 4 is 0 Å². The summed E-state index contributed by atoms with van der Waals surface area (Å²) < 4.78 is 23.1. The van der Waals surface area contributed by atoms with Crippen molar-refractivity contribution in [3.05, 3.63) is 0 Å². The first-order valence-corrected chi connectivity index (χ1v) is 7.45. The number of aliphatic hydroxyl groups is 1. The molecule has 2 fully saturated rings. The fraction of sp³-hybridized carbons (Fsp3) is 1.00. The number of ether oxygens (including phenoxy) is 4. The minimum Gasteiger partial charge on any atom is -0.387 e. The lowest BCUT2D eigenvalue weighted by Crippen LogP contribution is -2.58. The van der Waals surface area contributed by atoms with E-state index >= 15 is 0 Å². The van der Waals surface area contributed by atoms with Crippen LogP contribution in [0.3, 0.4) is 0 Å². The van der Waals surface area contributed by atoms with Crippen LogP contribution in [-0.4, -0.2) is 61.9 Å². The normalized spacial score (nSPS) is 38.4. The van der Waals surface area contributed by atoms with Crippen LogP contribution in [0, 0.1) is 0 Å². The van der Waals surface area contributed by atoms with Gasteiger partial charge in [-0.15, -0.1) is 0 Å². The zero-order valence-electron chi connectivity index (χ0n) is 13.1. The van der Waals surface area contributed by atoms with Crippen LogP contribution in [-0.2, 0) is 28.7 Å². The van der Waals surface area contributed by atoms with Crippen molar-refractivity contribution in [1.29, 1.82) is 0 Å². The molecule has 0 aromatic carbocycles. The van der Waals surface area contributed by atoms with Gasteiger partial charge in [-0.2, -0.15) is 0 Å². The summed E-state index contributed by atoms with van der Waals surface area (Å²) in [6, 6.07) is 0. The molecule has 0 saturated carbocycles. The minimum atomic E-state index is -0.865. The molecule has 7 heteroatoms. The van der Waals surface area contributed by atoms with Gasteiger partial charge in [0.05, 0.1) is 7.11 Å². The molecule has 2 aliphatic heterocycles. The van der Waals surface area contributed by atoms with Crippen molar-refractivity contribution in [2.75, 3.05) is 20.3 Å². The number of rotatable bonds is 7. The third-order valence-electron chi connectivity index (χ3n) is 3.60. The van der Waals surface area contributed by atoms with Crippen molar-refractivity contribution in [2.24, 2.45) is 0 Å². The quantitative estimate of drug-likeness (QED) is 0.427. The highest BCUT2D eigenvalue weighted by Gasteiger charge is 2.54. The smallest absolute Gasteiger partial charge is 0.190 e. The fourth-order valence-electron chi connectivity index (χ4n) is 2.57. The summed E-state index contributed by atoms with van der Waals surface area (Å²) in [6.07, 6.45) is -1.06. The second-order valence-electron chi connectivity index (χ2n) is 5.77. The van der Waals surface area contributed by atoms with Crippen molar-refractivity contribution in [2.45, 2.75) is 70.1 Å².